The highest BCUT2D eigenvalue weighted by Crippen LogP contribution is 2.35. The van der Waals surface area contributed by atoms with E-state index in [0.717, 1.165) is 6.92 Å². The number of hydrogen-bond acceptors (Lipinski definition) is 2. The zero-order chi connectivity index (χ0) is 13.4. The molecule has 1 aliphatic heterocycles. The quantitative estimate of drug-likeness (QED) is 0.776. The number of alkyl halides is 4. The number of likely N-dealkylation sites (tertiary alicyclic amines) is 1. The standard InChI is InChI=1S/C9H11F4NO3/c1-8(7(16)17)3-2-4-14(8)6(15)9(12,13)5(10)11/h5H,2-4H2,1H3,(H,16,17). The third-order valence-electron chi connectivity index (χ3n) is 2.91. The Morgan fingerprint density at radius 1 is 1.41 bits per heavy atom. The number of carboxylic acid groups (broad SMARTS) is 1. The second-order valence-electron chi connectivity index (χ2n) is 4.06. The number of carbonyl (C=O) groups is 2. The largest absolute Gasteiger partial charge is 0.480 e. The van der Waals surface area contributed by atoms with Crippen molar-refractivity contribution < 1.29 is 32.3 Å². The number of aliphatic carboxylic acids is 1. The monoisotopic (exact) mass is 257 g/mol. The summed E-state index contributed by atoms with van der Waals surface area (Å²) in [5.41, 5.74) is -1.84. The fourth-order valence-electron chi connectivity index (χ4n) is 1.78. The van der Waals surface area contributed by atoms with Crippen LogP contribution in [0.3, 0.4) is 0 Å². The van der Waals surface area contributed by atoms with Crippen LogP contribution in [0.25, 0.3) is 0 Å². The van der Waals surface area contributed by atoms with Gasteiger partial charge in [0.2, 0.25) is 0 Å². The van der Waals surface area contributed by atoms with Gasteiger partial charge < -0.3 is 10.0 Å². The van der Waals surface area contributed by atoms with Crippen molar-refractivity contribution in [2.45, 2.75) is 37.7 Å². The lowest BCUT2D eigenvalue weighted by Crippen LogP contribution is -2.57. The van der Waals surface area contributed by atoms with E-state index in [0.29, 0.717) is 4.90 Å². The van der Waals surface area contributed by atoms with Crippen LogP contribution in [0.5, 0.6) is 0 Å². The number of carbonyl (C=O) groups excluding carboxylic acids is 1. The summed E-state index contributed by atoms with van der Waals surface area (Å²) in [6, 6.07) is 0. The molecule has 0 saturated carbocycles. The summed E-state index contributed by atoms with van der Waals surface area (Å²) in [7, 11) is 0. The van der Waals surface area contributed by atoms with Gasteiger partial charge in [0.05, 0.1) is 0 Å². The number of amides is 1. The van der Waals surface area contributed by atoms with E-state index in [4.69, 9.17) is 5.11 Å². The maximum atomic E-state index is 12.9. The maximum absolute atomic E-state index is 12.9. The molecule has 0 aromatic rings. The normalized spacial score (nSPS) is 25.4. The van der Waals surface area contributed by atoms with Crippen LogP contribution in [0.15, 0.2) is 0 Å². The SMILES string of the molecule is CC1(C(=O)O)CCCN1C(=O)C(F)(F)C(F)F. The molecule has 0 bridgehead atoms. The molecule has 1 saturated heterocycles. The van der Waals surface area contributed by atoms with Crippen LogP contribution in [-0.4, -0.2) is 46.3 Å². The van der Waals surface area contributed by atoms with Crippen molar-refractivity contribution in [1.29, 1.82) is 0 Å². The van der Waals surface area contributed by atoms with Crippen LogP contribution in [-0.2, 0) is 9.59 Å². The van der Waals surface area contributed by atoms with Gasteiger partial charge in [-0.05, 0) is 19.8 Å². The molecular formula is C9H11F4NO3. The summed E-state index contributed by atoms with van der Waals surface area (Å²) in [6.07, 6.45) is -3.99. The second-order valence-corrected chi connectivity index (χ2v) is 4.06. The number of rotatable bonds is 3. The minimum Gasteiger partial charge on any atom is -0.480 e. The van der Waals surface area contributed by atoms with Crippen molar-refractivity contribution in [3.05, 3.63) is 0 Å². The maximum Gasteiger partial charge on any atom is 0.383 e. The van der Waals surface area contributed by atoms with E-state index in [9.17, 15) is 27.2 Å². The minimum absolute atomic E-state index is 0.0343. The van der Waals surface area contributed by atoms with Gasteiger partial charge in [-0.25, -0.2) is 13.6 Å². The Morgan fingerprint density at radius 2 is 1.94 bits per heavy atom. The van der Waals surface area contributed by atoms with Crippen LogP contribution in [0.4, 0.5) is 17.6 Å². The first-order valence-electron chi connectivity index (χ1n) is 4.85. The first-order valence-corrected chi connectivity index (χ1v) is 4.85. The molecule has 0 aliphatic carbocycles. The predicted octanol–water partition coefficient (Wildman–Crippen LogP) is 1.35. The van der Waals surface area contributed by atoms with Crippen LogP contribution in [0, 0.1) is 0 Å². The van der Waals surface area contributed by atoms with E-state index in [1.807, 2.05) is 0 Å². The number of carboxylic acids is 1. The molecule has 0 spiro atoms. The Labute approximate surface area is 94.2 Å². The fourth-order valence-corrected chi connectivity index (χ4v) is 1.78. The van der Waals surface area contributed by atoms with E-state index in [2.05, 4.69) is 0 Å². The van der Waals surface area contributed by atoms with E-state index in [1.165, 1.54) is 0 Å². The van der Waals surface area contributed by atoms with Gasteiger partial charge >= 0.3 is 18.3 Å². The van der Waals surface area contributed by atoms with Crippen molar-refractivity contribution in [3.8, 4) is 0 Å². The van der Waals surface area contributed by atoms with Gasteiger partial charge in [0.25, 0.3) is 5.91 Å². The van der Waals surface area contributed by atoms with E-state index in [1.54, 1.807) is 0 Å². The zero-order valence-electron chi connectivity index (χ0n) is 8.92. The first-order chi connectivity index (χ1) is 7.64. The molecule has 1 unspecified atom stereocenters. The second kappa shape index (κ2) is 4.15. The summed E-state index contributed by atoms with van der Waals surface area (Å²) in [5.74, 6) is -8.45. The zero-order valence-corrected chi connectivity index (χ0v) is 8.92. The van der Waals surface area contributed by atoms with Gasteiger partial charge in [0, 0.05) is 6.54 Å². The van der Waals surface area contributed by atoms with Gasteiger partial charge in [-0.15, -0.1) is 0 Å². The van der Waals surface area contributed by atoms with E-state index in [-0.39, 0.29) is 19.4 Å². The van der Waals surface area contributed by atoms with Crippen LogP contribution in [0.1, 0.15) is 19.8 Å². The summed E-state index contributed by atoms with van der Waals surface area (Å²) in [4.78, 5) is 22.5. The molecule has 17 heavy (non-hydrogen) atoms. The van der Waals surface area contributed by atoms with Crippen LogP contribution in [0.2, 0.25) is 0 Å². The highest BCUT2D eigenvalue weighted by atomic mass is 19.3. The minimum atomic E-state index is -4.85. The van der Waals surface area contributed by atoms with Gasteiger partial charge in [-0.3, -0.25) is 4.79 Å². The molecule has 0 aromatic carbocycles. The molecule has 98 valence electrons. The van der Waals surface area contributed by atoms with Crippen molar-refractivity contribution >= 4 is 11.9 Å². The fraction of sp³-hybridized carbons (Fsp3) is 0.778. The molecule has 0 radical (unpaired) electrons. The van der Waals surface area contributed by atoms with Crippen LogP contribution >= 0.6 is 0 Å². The molecule has 1 heterocycles. The Hall–Kier alpha value is -1.34. The molecule has 1 N–H and O–H groups in total. The molecular weight excluding hydrogens is 246 g/mol. The Kier molecular flexibility index (Phi) is 3.35. The smallest absolute Gasteiger partial charge is 0.383 e. The lowest BCUT2D eigenvalue weighted by Gasteiger charge is -2.33. The number of hydrogen-bond donors (Lipinski definition) is 1. The lowest BCUT2D eigenvalue weighted by molar-refractivity contribution is -0.187. The Bertz CT molecular complexity index is 347. The predicted molar refractivity (Wildman–Crippen MR) is 47.9 cm³/mol. The van der Waals surface area contributed by atoms with Gasteiger partial charge in [0.1, 0.15) is 5.54 Å². The molecule has 1 amide bonds. The van der Waals surface area contributed by atoms with Crippen molar-refractivity contribution in [2.75, 3.05) is 6.54 Å². The molecule has 1 rings (SSSR count). The molecule has 1 fully saturated rings. The van der Waals surface area contributed by atoms with Gasteiger partial charge in [-0.1, -0.05) is 0 Å². The molecule has 0 aromatic heterocycles. The highest BCUT2D eigenvalue weighted by molar-refractivity contribution is 5.91. The molecule has 4 nitrogen and oxygen atoms in total. The average Bonchev–Trinajstić information content (AvgIpc) is 2.60. The highest BCUT2D eigenvalue weighted by Gasteiger charge is 2.57. The summed E-state index contributed by atoms with van der Waals surface area (Å²) >= 11 is 0. The molecule has 8 heteroatoms. The van der Waals surface area contributed by atoms with Crippen molar-refractivity contribution in [1.82, 2.24) is 4.90 Å². The average molecular weight is 257 g/mol. The number of nitrogens with zero attached hydrogens (tertiary/aromatic N) is 1. The number of halogens is 4. The Balaban J connectivity index is 3.01. The van der Waals surface area contributed by atoms with E-state index >= 15 is 0 Å². The van der Waals surface area contributed by atoms with Crippen molar-refractivity contribution in [3.63, 3.8) is 0 Å². The lowest BCUT2D eigenvalue weighted by atomic mass is 9.99. The molecule has 1 aliphatic rings. The summed E-state index contributed by atoms with van der Waals surface area (Å²) in [6.45, 7) is 0.811. The topological polar surface area (TPSA) is 57.6 Å². The first kappa shape index (κ1) is 13.7. The van der Waals surface area contributed by atoms with Crippen molar-refractivity contribution in [2.24, 2.45) is 0 Å². The van der Waals surface area contributed by atoms with Gasteiger partial charge in [0.15, 0.2) is 0 Å². The Morgan fingerprint density at radius 3 is 2.35 bits per heavy atom. The van der Waals surface area contributed by atoms with E-state index < -0.39 is 29.8 Å². The summed E-state index contributed by atoms with van der Waals surface area (Å²) in [5, 5.41) is 8.87. The summed E-state index contributed by atoms with van der Waals surface area (Å²) < 4.78 is 49.8. The van der Waals surface area contributed by atoms with Crippen LogP contribution < -0.4 is 0 Å². The molecule has 1 atom stereocenters. The van der Waals surface area contributed by atoms with Gasteiger partial charge in [-0.2, -0.15) is 8.78 Å². The third-order valence-corrected chi connectivity index (χ3v) is 2.91. The third kappa shape index (κ3) is 2.07.